The number of carbonyl (C=O) groups is 1. The first-order valence-corrected chi connectivity index (χ1v) is 6.93. The summed E-state index contributed by atoms with van der Waals surface area (Å²) < 4.78 is 5.00. The number of ether oxygens (including phenoxy) is 1. The summed E-state index contributed by atoms with van der Waals surface area (Å²) in [7, 11) is 0. The van der Waals surface area contributed by atoms with Gasteiger partial charge in [-0.3, -0.25) is 9.97 Å². The molecule has 1 aromatic carbocycles. The molecule has 2 rings (SSSR count). The van der Waals surface area contributed by atoms with E-state index in [0.717, 1.165) is 17.1 Å². The fourth-order valence-electron chi connectivity index (χ4n) is 2.11. The molecule has 0 amide bonds. The van der Waals surface area contributed by atoms with Crippen molar-refractivity contribution in [1.82, 2.24) is 9.97 Å². The second-order valence-electron chi connectivity index (χ2n) is 4.69. The Morgan fingerprint density at radius 3 is 2.81 bits per heavy atom. The monoisotopic (exact) mass is 285 g/mol. The summed E-state index contributed by atoms with van der Waals surface area (Å²) >= 11 is 0. The molecule has 1 atom stereocenters. The second kappa shape index (κ2) is 6.83. The van der Waals surface area contributed by atoms with Crippen molar-refractivity contribution < 1.29 is 9.53 Å². The van der Waals surface area contributed by atoms with E-state index in [1.54, 1.807) is 31.5 Å². The minimum Gasteiger partial charge on any atom is -0.462 e. The van der Waals surface area contributed by atoms with Crippen molar-refractivity contribution >= 4 is 11.7 Å². The predicted octanol–water partition coefficient (Wildman–Crippen LogP) is 3.13. The highest BCUT2D eigenvalue weighted by Crippen LogP contribution is 2.20. The van der Waals surface area contributed by atoms with Gasteiger partial charge >= 0.3 is 5.97 Å². The number of benzene rings is 1. The normalized spacial score (nSPS) is 11.8. The Labute approximate surface area is 124 Å². The zero-order valence-corrected chi connectivity index (χ0v) is 12.5. The molecule has 1 heterocycles. The molecule has 0 saturated heterocycles. The summed E-state index contributed by atoms with van der Waals surface area (Å²) in [5, 5.41) is 3.33. The second-order valence-corrected chi connectivity index (χ2v) is 4.69. The molecule has 0 fully saturated rings. The highest BCUT2D eigenvalue weighted by molar-refractivity contribution is 5.90. The maximum atomic E-state index is 11.7. The third-order valence-corrected chi connectivity index (χ3v) is 3.09. The third kappa shape index (κ3) is 3.78. The molecule has 0 aliphatic rings. The van der Waals surface area contributed by atoms with E-state index >= 15 is 0 Å². The Bertz CT molecular complexity index is 628. The van der Waals surface area contributed by atoms with Gasteiger partial charge in [0.1, 0.15) is 0 Å². The molecule has 110 valence electrons. The Hall–Kier alpha value is -2.43. The zero-order valence-electron chi connectivity index (χ0n) is 12.5. The number of nitrogens with one attached hydrogen (secondary N) is 1. The number of nitrogens with zero attached hydrogens (tertiary/aromatic N) is 2. The van der Waals surface area contributed by atoms with E-state index in [1.165, 1.54) is 0 Å². The van der Waals surface area contributed by atoms with Crippen LogP contribution in [0.25, 0.3) is 0 Å². The third-order valence-electron chi connectivity index (χ3n) is 3.09. The molecular weight excluding hydrogens is 266 g/mol. The van der Waals surface area contributed by atoms with Crippen LogP contribution >= 0.6 is 0 Å². The van der Waals surface area contributed by atoms with Gasteiger partial charge in [0, 0.05) is 18.1 Å². The van der Waals surface area contributed by atoms with Gasteiger partial charge in [-0.1, -0.05) is 6.07 Å². The Morgan fingerprint density at radius 2 is 2.10 bits per heavy atom. The van der Waals surface area contributed by atoms with Gasteiger partial charge in [0.25, 0.3) is 0 Å². The summed E-state index contributed by atoms with van der Waals surface area (Å²) in [5.41, 5.74) is 3.15. The van der Waals surface area contributed by atoms with Crippen LogP contribution in [0, 0.1) is 6.92 Å². The zero-order chi connectivity index (χ0) is 15.2. The Kier molecular flexibility index (Phi) is 4.87. The van der Waals surface area contributed by atoms with Crippen LogP contribution in [0.5, 0.6) is 0 Å². The molecule has 0 radical (unpaired) electrons. The lowest BCUT2D eigenvalue weighted by molar-refractivity contribution is 0.0526. The first kappa shape index (κ1) is 15.0. The van der Waals surface area contributed by atoms with Crippen LogP contribution in [0.15, 0.2) is 36.7 Å². The molecule has 2 aromatic rings. The van der Waals surface area contributed by atoms with E-state index in [9.17, 15) is 4.79 Å². The lowest BCUT2D eigenvalue weighted by Crippen LogP contribution is -2.12. The summed E-state index contributed by atoms with van der Waals surface area (Å²) in [4.78, 5) is 20.3. The fourth-order valence-corrected chi connectivity index (χ4v) is 2.11. The van der Waals surface area contributed by atoms with Gasteiger partial charge in [-0.25, -0.2) is 4.79 Å². The van der Waals surface area contributed by atoms with E-state index in [2.05, 4.69) is 15.3 Å². The van der Waals surface area contributed by atoms with Crippen molar-refractivity contribution in [2.45, 2.75) is 26.8 Å². The van der Waals surface area contributed by atoms with E-state index < -0.39 is 0 Å². The molecular formula is C16H19N3O2. The maximum absolute atomic E-state index is 11.7. The van der Waals surface area contributed by atoms with Crippen LogP contribution in [0.2, 0.25) is 0 Å². The minimum absolute atomic E-state index is 0.00357. The molecule has 21 heavy (non-hydrogen) atoms. The smallest absolute Gasteiger partial charge is 0.338 e. The van der Waals surface area contributed by atoms with Crippen molar-refractivity contribution in [3.63, 3.8) is 0 Å². The number of hydrogen-bond acceptors (Lipinski definition) is 5. The molecule has 5 heteroatoms. The lowest BCUT2D eigenvalue weighted by Gasteiger charge is -2.16. The van der Waals surface area contributed by atoms with E-state index in [-0.39, 0.29) is 12.0 Å². The largest absolute Gasteiger partial charge is 0.462 e. The van der Waals surface area contributed by atoms with Gasteiger partial charge in [0.05, 0.1) is 29.6 Å². The first-order valence-electron chi connectivity index (χ1n) is 6.93. The average molecular weight is 285 g/mol. The lowest BCUT2D eigenvalue weighted by atomic mass is 10.1. The van der Waals surface area contributed by atoms with Crippen molar-refractivity contribution in [2.24, 2.45) is 0 Å². The van der Waals surface area contributed by atoms with Crippen LogP contribution in [-0.2, 0) is 4.74 Å². The fraction of sp³-hybridized carbons (Fsp3) is 0.312. The first-order chi connectivity index (χ1) is 10.1. The number of rotatable bonds is 5. The molecule has 0 bridgehead atoms. The number of aryl methyl sites for hydroxylation is 1. The quantitative estimate of drug-likeness (QED) is 0.855. The molecule has 1 N–H and O–H groups in total. The Balaban J connectivity index is 2.15. The molecule has 5 nitrogen and oxygen atoms in total. The Morgan fingerprint density at radius 1 is 1.33 bits per heavy atom. The summed E-state index contributed by atoms with van der Waals surface area (Å²) in [6.07, 6.45) is 3.35. The van der Waals surface area contributed by atoms with Gasteiger partial charge in [-0.2, -0.15) is 0 Å². The number of hydrogen-bond donors (Lipinski definition) is 1. The van der Waals surface area contributed by atoms with Crippen molar-refractivity contribution in [2.75, 3.05) is 11.9 Å². The van der Waals surface area contributed by atoms with Crippen LogP contribution in [0.3, 0.4) is 0 Å². The van der Waals surface area contributed by atoms with Crippen LogP contribution in [-0.4, -0.2) is 22.5 Å². The summed E-state index contributed by atoms with van der Waals surface area (Å²) in [6.45, 7) is 6.09. The van der Waals surface area contributed by atoms with Crippen molar-refractivity contribution in [3.8, 4) is 0 Å². The van der Waals surface area contributed by atoms with Gasteiger partial charge in [0.15, 0.2) is 0 Å². The summed E-state index contributed by atoms with van der Waals surface area (Å²) in [6, 6.07) is 7.24. The standard InChI is InChI=1S/C16H19N3O2/c1-4-21-16(20)13-6-5-7-14(10-13)19-12(3)15-11(2)17-8-9-18-15/h5-10,12,19H,4H2,1-3H3. The molecule has 1 unspecified atom stereocenters. The topological polar surface area (TPSA) is 64.1 Å². The minimum atomic E-state index is -0.315. The number of anilines is 1. The number of esters is 1. The van der Waals surface area contributed by atoms with E-state index in [1.807, 2.05) is 26.0 Å². The van der Waals surface area contributed by atoms with Gasteiger partial charge in [-0.05, 0) is 39.0 Å². The summed E-state index contributed by atoms with van der Waals surface area (Å²) in [5.74, 6) is -0.315. The van der Waals surface area contributed by atoms with Gasteiger partial charge < -0.3 is 10.1 Å². The van der Waals surface area contributed by atoms with Gasteiger partial charge in [0.2, 0.25) is 0 Å². The average Bonchev–Trinajstić information content (AvgIpc) is 2.48. The van der Waals surface area contributed by atoms with E-state index in [0.29, 0.717) is 12.2 Å². The molecule has 0 aliphatic heterocycles. The molecule has 0 spiro atoms. The van der Waals surface area contributed by atoms with Gasteiger partial charge in [-0.15, -0.1) is 0 Å². The van der Waals surface area contributed by atoms with Crippen molar-refractivity contribution in [1.29, 1.82) is 0 Å². The van der Waals surface area contributed by atoms with Crippen LogP contribution in [0.4, 0.5) is 5.69 Å². The van der Waals surface area contributed by atoms with E-state index in [4.69, 9.17) is 4.74 Å². The highest BCUT2D eigenvalue weighted by Gasteiger charge is 2.12. The molecule has 0 aliphatic carbocycles. The SMILES string of the molecule is CCOC(=O)c1cccc(NC(C)c2nccnc2C)c1. The predicted molar refractivity (Wildman–Crippen MR) is 81.2 cm³/mol. The van der Waals surface area contributed by atoms with Crippen LogP contribution in [0.1, 0.15) is 41.6 Å². The number of aromatic nitrogens is 2. The van der Waals surface area contributed by atoms with Crippen LogP contribution < -0.4 is 5.32 Å². The number of carbonyl (C=O) groups excluding carboxylic acids is 1. The highest BCUT2D eigenvalue weighted by atomic mass is 16.5. The van der Waals surface area contributed by atoms with Crippen molar-refractivity contribution in [3.05, 3.63) is 53.6 Å². The molecule has 0 saturated carbocycles. The molecule has 1 aromatic heterocycles. The maximum Gasteiger partial charge on any atom is 0.338 e.